The van der Waals surface area contributed by atoms with Crippen LogP contribution in [0.5, 0.6) is 0 Å². The van der Waals surface area contributed by atoms with E-state index in [1.54, 1.807) is 13.0 Å². The molecule has 0 aromatic carbocycles. The van der Waals surface area contributed by atoms with E-state index in [0.717, 1.165) is 4.88 Å². The van der Waals surface area contributed by atoms with Crippen LogP contribution in [-0.4, -0.2) is 31.1 Å². The Bertz CT molecular complexity index is 468. The van der Waals surface area contributed by atoms with Crippen molar-refractivity contribution in [1.82, 2.24) is 10.6 Å². The van der Waals surface area contributed by atoms with Crippen molar-refractivity contribution in [3.63, 3.8) is 0 Å². The zero-order valence-electron chi connectivity index (χ0n) is 10.3. The zero-order valence-corrected chi connectivity index (χ0v) is 11.2. The molecule has 1 rings (SSSR count). The third-order valence-electron chi connectivity index (χ3n) is 1.86. The molecule has 0 fully saturated rings. The zero-order chi connectivity index (χ0) is 14.1. The summed E-state index contributed by atoms with van der Waals surface area (Å²) in [4.78, 5) is 34.4. The number of thiophene rings is 1. The smallest absolute Gasteiger partial charge is 0.331 e. The van der Waals surface area contributed by atoms with Gasteiger partial charge in [-0.2, -0.15) is 0 Å². The molecule has 0 radical (unpaired) electrons. The molecule has 0 atom stereocenters. The fourth-order valence-corrected chi connectivity index (χ4v) is 1.71. The van der Waals surface area contributed by atoms with E-state index in [0.29, 0.717) is 6.54 Å². The van der Waals surface area contributed by atoms with E-state index in [1.165, 1.54) is 17.4 Å². The highest BCUT2D eigenvalue weighted by atomic mass is 32.1. The first-order valence-corrected chi connectivity index (χ1v) is 6.45. The summed E-state index contributed by atoms with van der Waals surface area (Å²) in [5.41, 5.74) is 0. The number of ether oxygens (including phenoxy) is 1. The molecule has 6 nitrogen and oxygen atoms in total. The summed E-state index contributed by atoms with van der Waals surface area (Å²) in [5, 5.41) is 6.28. The quantitative estimate of drug-likeness (QED) is 0.626. The Hall–Kier alpha value is -2.15. The maximum atomic E-state index is 11.3. The summed E-state index contributed by atoms with van der Waals surface area (Å²) in [5.74, 6) is -1.32. The van der Waals surface area contributed by atoms with Gasteiger partial charge in [0.1, 0.15) is 0 Å². The van der Waals surface area contributed by atoms with Crippen LogP contribution in [0.4, 0.5) is 4.79 Å². The SMILES string of the molecule is CCNC(=O)NC(=O)COC(=O)/C=C/c1cccs1. The Morgan fingerprint density at radius 1 is 1.42 bits per heavy atom. The summed E-state index contributed by atoms with van der Waals surface area (Å²) in [6.45, 7) is 1.63. The van der Waals surface area contributed by atoms with E-state index in [9.17, 15) is 14.4 Å². The molecule has 102 valence electrons. The van der Waals surface area contributed by atoms with Gasteiger partial charge in [-0.25, -0.2) is 9.59 Å². The van der Waals surface area contributed by atoms with Crippen LogP contribution in [-0.2, 0) is 14.3 Å². The molecule has 2 N–H and O–H groups in total. The molecular formula is C12H14N2O4S. The molecule has 0 aliphatic carbocycles. The van der Waals surface area contributed by atoms with E-state index in [4.69, 9.17) is 0 Å². The molecule has 1 aromatic heterocycles. The molecule has 0 spiro atoms. The Morgan fingerprint density at radius 2 is 2.21 bits per heavy atom. The minimum atomic E-state index is -0.677. The minimum Gasteiger partial charge on any atom is -0.452 e. The van der Waals surface area contributed by atoms with Crippen LogP contribution in [0.15, 0.2) is 23.6 Å². The first kappa shape index (κ1) is 14.9. The Kier molecular flexibility index (Phi) is 6.31. The predicted molar refractivity (Wildman–Crippen MR) is 71.5 cm³/mol. The second-order valence-electron chi connectivity index (χ2n) is 3.36. The molecule has 0 unspecified atom stereocenters. The second kappa shape index (κ2) is 8.04. The van der Waals surface area contributed by atoms with E-state index >= 15 is 0 Å². The monoisotopic (exact) mass is 282 g/mol. The first-order chi connectivity index (χ1) is 9.11. The summed E-state index contributed by atoms with van der Waals surface area (Å²) < 4.78 is 4.67. The normalized spacial score (nSPS) is 10.2. The lowest BCUT2D eigenvalue weighted by atomic mass is 10.4. The van der Waals surface area contributed by atoms with Gasteiger partial charge in [-0.1, -0.05) is 6.07 Å². The van der Waals surface area contributed by atoms with Crippen LogP contribution in [0.3, 0.4) is 0 Å². The van der Waals surface area contributed by atoms with Gasteiger partial charge in [-0.15, -0.1) is 11.3 Å². The van der Waals surface area contributed by atoms with Crippen molar-refractivity contribution in [2.45, 2.75) is 6.92 Å². The molecule has 0 aliphatic heterocycles. The molecule has 7 heteroatoms. The molecule has 0 aliphatic rings. The summed E-state index contributed by atoms with van der Waals surface area (Å²) >= 11 is 1.48. The van der Waals surface area contributed by atoms with Crippen LogP contribution in [0.25, 0.3) is 6.08 Å². The van der Waals surface area contributed by atoms with E-state index < -0.39 is 24.5 Å². The molecule has 0 saturated carbocycles. The molecule has 3 amide bonds. The Labute approximate surface area is 114 Å². The van der Waals surface area contributed by atoms with Gasteiger partial charge in [0.15, 0.2) is 6.61 Å². The third-order valence-corrected chi connectivity index (χ3v) is 2.70. The minimum absolute atomic E-state index is 0.405. The molecule has 1 heterocycles. The number of nitrogens with one attached hydrogen (secondary N) is 2. The highest BCUT2D eigenvalue weighted by Gasteiger charge is 2.08. The number of urea groups is 1. The van der Waals surface area contributed by atoms with Crippen molar-refractivity contribution in [1.29, 1.82) is 0 Å². The van der Waals surface area contributed by atoms with E-state index in [1.807, 2.05) is 22.8 Å². The van der Waals surface area contributed by atoms with Crippen LogP contribution in [0, 0.1) is 0 Å². The molecule has 0 bridgehead atoms. The summed E-state index contributed by atoms with van der Waals surface area (Å²) in [6.07, 6.45) is 2.82. The first-order valence-electron chi connectivity index (χ1n) is 5.58. The number of hydrogen-bond donors (Lipinski definition) is 2. The van der Waals surface area contributed by atoms with Gasteiger partial charge in [0.05, 0.1) is 0 Å². The van der Waals surface area contributed by atoms with Crippen molar-refractivity contribution >= 4 is 35.3 Å². The number of esters is 1. The Morgan fingerprint density at radius 3 is 2.84 bits per heavy atom. The number of carbonyl (C=O) groups excluding carboxylic acids is 3. The summed E-state index contributed by atoms with van der Waals surface area (Å²) in [6, 6.07) is 3.09. The lowest BCUT2D eigenvalue weighted by molar-refractivity contribution is -0.143. The fourth-order valence-electron chi connectivity index (χ4n) is 1.09. The van der Waals surface area contributed by atoms with E-state index in [2.05, 4.69) is 10.1 Å². The number of rotatable bonds is 5. The van der Waals surface area contributed by atoms with E-state index in [-0.39, 0.29) is 0 Å². The van der Waals surface area contributed by atoms with Gasteiger partial charge >= 0.3 is 12.0 Å². The Balaban J connectivity index is 2.26. The van der Waals surface area contributed by atoms with Gasteiger partial charge in [0.2, 0.25) is 0 Å². The number of imide groups is 1. The number of hydrogen-bond acceptors (Lipinski definition) is 5. The highest BCUT2D eigenvalue weighted by Crippen LogP contribution is 2.09. The van der Waals surface area contributed by atoms with Gasteiger partial charge in [-0.05, 0) is 24.4 Å². The van der Waals surface area contributed by atoms with Crippen LogP contribution in [0.2, 0.25) is 0 Å². The molecular weight excluding hydrogens is 268 g/mol. The van der Waals surface area contributed by atoms with Gasteiger partial charge in [0.25, 0.3) is 5.91 Å². The number of carbonyl (C=O) groups is 3. The number of amides is 3. The van der Waals surface area contributed by atoms with Crippen molar-refractivity contribution in [2.24, 2.45) is 0 Å². The summed E-state index contributed by atoms with van der Waals surface area (Å²) in [7, 11) is 0. The standard InChI is InChI=1S/C12H14N2O4S/c1-2-13-12(17)14-10(15)8-18-11(16)6-5-9-4-3-7-19-9/h3-7H,2,8H2,1H3,(H2,13,14,15,17)/b6-5+. The second-order valence-corrected chi connectivity index (χ2v) is 4.34. The van der Waals surface area contributed by atoms with Crippen molar-refractivity contribution < 1.29 is 19.1 Å². The molecule has 0 saturated heterocycles. The van der Waals surface area contributed by atoms with Crippen LogP contribution in [0.1, 0.15) is 11.8 Å². The van der Waals surface area contributed by atoms with Gasteiger partial charge in [-0.3, -0.25) is 10.1 Å². The molecule has 1 aromatic rings. The van der Waals surface area contributed by atoms with Gasteiger partial charge < -0.3 is 10.1 Å². The third kappa shape index (κ3) is 6.37. The maximum absolute atomic E-state index is 11.3. The van der Waals surface area contributed by atoms with Crippen molar-refractivity contribution in [3.05, 3.63) is 28.5 Å². The van der Waals surface area contributed by atoms with Crippen molar-refractivity contribution in [2.75, 3.05) is 13.2 Å². The average Bonchev–Trinajstić information content (AvgIpc) is 2.87. The topological polar surface area (TPSA) is 84.5 Å². The maximum Gasteiger partial charge on any atom is 0.331 e. The predicted octanol–water partition coefficient (Wildman–Crippen LogP) is 1.15. The average molecular weight is 282 g/mol. The largest absolute Gasteiger partial charge is 0.452 e. The van der Waals surface area contributed by atoms with Crippen molar-refractivity contribution in [3.8, 4) is 0 Å². The molecule has 19 heavy (non-hydrogen) atoms. The highest BCUT2D eigenvalue weighted by molar-refractivity contribution is 7.10. The lowest BCUT2D eigenvalue weighted by Gasteiger charge is -2.04. The van der Waals surface area contributed by atoms with Crippen LogP contribution < -0.4 is 10.6 Å². The van der Waals surface area contributed by atoms with Gasteiger partial charge in [0, 0.05) is 17.5 Å². The fraction of sp³-hybridized carbons (Fsp3) is 0.250. The van der Waals surface area contributed by atoms with Crippen LogP contribution >= 0.6 is 11.3 Å². The lowest BCUT2D eigenvalue weighted by Crippen LogP contribution is -2.41.